The second-order valence-corrected chi connectivity index (χ2v) is 4.66. The molecule has 1 N–H and O–H groups in total. The number of ether oxygens (including phenoxy) is 1. The molecule has 5 nitrogen and oxygen atoms in total. The molecule has 18 heavy (non-hydrogen) atoms. The number of anilines is 2. The first-order valence-electron chi connectivity index (χ1n) is 6.31. The van der Waals surface area contributed by atoms with Gasteiger partial charge < -0.3 is 15.0 Å². The Morgan fingerprint density at radius 3 is 2.50 bits per heavy atom. The average molecular weight is 252 g/mol. The first kappa shape index (κ1) is 14.7. The molecule has 0 fully saturated rings. The Morgan fingerprint density at radius 2 is 1.94 bits per heavy atom. The van der Waals surface area contributed by atoms with Crippen LogP contribution in [0.4, 0.5) is 11.6 Å². The third-order valence-electron chi connectivity index (χ3n) is 2.71. The molecule has 102 valence electrons. The SMILES string of the molecule is CNc1nc(C)nc(N(C)CCOC(C)C)c1C. The zero-order chi connectivity index (χ0) is 13.7. The minimum Gasteiger partial charge on any atom is -0.377 e. The highest BCUT2D eigenvalue weighted by Crippen LogP contribution is 2.21. The second-order valence-electron chi connectivity index (χ2n) is 4.66. The number of nitrogens with one attached hydrogen (secondary N) is 1. The number of hydrogen-bond donors (Lipinski definition) is 1. The summed E-state index contributed by atoms with van der Waals surface area (Å²) in [4.78, 5) is 11.0. The molecular formula is C13H24N4O. The highest BCUT2D eigenvalue weighted by atomic mass is 16.5. The summed E-state index contributed by atoms with van der Waals surface area (Å²) < 4.78 is 5.56. The lowest BCUT2D eigenvalue weighted by molar-refractivity contribution is 0.0845. The molecule has 0 aliphatic carbocycles. The van der Waals surface area contributed by atoms with Crippen LogP contribution in [0.2, 0.25) is 0 Å². The van der Waals surface area contributed by atoms with E-state index in [0.29, 0.717) is 6.61 Å². The van der Waals surface area contributed by atoms with Gasteiger partial charge in [0.2, 0.25) is 0 Å². The lowest BCUT2D eigenvalue weighted by Crippen LogP contribution is -2.26. The van der Waals surface area contributed by atoms with Crippen LogP contribution in [0.25, 0.3) is 0 Å². The van der Waals surface area contributed by atoms with Crippen LogP contribution in [0.1, 0.15) is 25.2 Å². The molecule has 0 bridgehead atoms. The summed E-state index contributed by atoms with van der Waals surface area (Å²) >= 11 is 0. The molecule has 0 atom stereocenters. The Balaban J connectivity index is 2.78. The summed E-state index contributed by atoms with van der Waals surface area (Å²) in [6, 6.07) is 0. The maximum absolute atomic E-state index is 5.56. The van der Waals surface area contributed by atoms with Gasteiger partial charge in [0.1, 0.15) is 17.5 Å². The zero-order valence-corrected chi connectivity index (χ0v) is 12.2. The molecule has 0 saturated heterocycles. The van der Waals surface area contributed by atoms with Crippen molar-refractivity contribution in [3.63, 3.8) is 0 Å². The Bertz CT molecular complexity index is 393. The van der Waals surface area contributed by atoms with E-state index in [1.165, 1.54) is 0 Å². The van der Waals surface area contributed by atoms with E-state index >= 15 is 0 Å². The van der Waals surface area contributed by atoms with Crippen molar-refractivity contribution in [1.82, 2.24) is 9.97 Å². The van der Waals surface area contributed by atoms with Crippen molar-refractivity contribution in [2.45, 2.75) is 33.8 Å². The van der Waals surface area contributed by atoms with Gasteiger partial charge in [-0.1, -0.05) is 0 Å². The summed E-state index contributed by atoms with van der Waals surface area (Å²) in [6.07, 6.45) is 0.263. The predicted octanol–water partition coefficient (Wildman–Crippen LogP) is 2.00. The molecule has 0 unspecified atom stereocenters. The van der Waals surface area contributed by atoms with Gasteiger partial charge in [-0.2, -0.15) is 0 Å². The first-order valence-corrected chi connectivity index (χ1v) is 6.31. The largest absolute Gasteiger partial charge is 0.377 e. The highest BCUT2D eigenvalue weighted by Gasteiger charge is 2.12. The smallest absolute Gasteiger partial charge is 0.137 e. The fourth-order valence-electron chi connectivity index (χ4n) is 1.76. The minimum atomic E-state index is 0.263. The Kier molecular flexibility index (Phi) is 5.34. The van der Waals surface area contributed by atoms with Crippen molar-refractivity contribution in [1.29, 1.82) is 0 Å². The van der Waals surface area contributed by atoms with Gasteiger partial charge in [0, 0.05) is 26.2 Å². The monoisotopic (exact) mass is 252 g/mol. The van der Waals surface area contributed by atoms with Crippen LogP contribution in [0.3, 0.4) is 0 Å². The van der Waals surface area contributed by atoms with Gasteiger partial charge in [0.25, 0.3) is 0 Å². The molecular weight excluding hydrogens is 228 g/mol. The van der Waals surface area contributed by atoms with Crippen LogP contribution in [0.15, 0.2) is 0 Å². The third kappa shape index (κ3) is 3.84. The minimum absolute atomic E-state index is 0.263. The number of aryl methyl sites for hydroxylation is 1. The highest BCUT2D eigenvalue weighted by molar-refractivity contribution is 5.58. The zero-order valence-electron chi connectivity index (χ0n) is 12.2. The molecule has 0 aliphatic rings. The molecule has 0 aromatic carbocycles. The van der Waals surface area contributed by atoms with E-state index in [4.69, 9.17) is 4.74 Å². The van der Waals surface area contributed by atoms with E-state index in [1.54, 1.807) is 0 Å². The molecule has 1 rings (SSSR count). The van der Waals surface area contributed by atoms with Gasteiger partial charge in [0.15, 0.2) is 0 Å². The van der Waals surface area contributed by atoms with Crippen LogP contribution < -0.4 is 10.2 Å². The van der Waals surface area contributed by atoms with Gasteiger partial charge >= 0.3 is 0 Å². The van der Waals surface area contributed by atoms with Crippen molar-refractivity contribution >= 4 is 11.6 Å². The number of hydrogen-bond acceptors (Lipinski definition) is 5. The van der Waals surface area contributed by atoms with Crippen LogP contribution in [0, 0.1) is 13.8 Å². The van der Waals surface area contributed by atoms with Crippen LogP contribution in [0.5, 0.6) is 0 Å². The van der Waals surface area contributed by atoms with Gasteiger partial charge in [0.05, 0.1) is 12.7 Å². The third-order valence-corrected chi connectivity index (χ3v) is 2.71. The molecule has 0 spiro atoms. The van der Waals surface area contributed by atoms with Gasteiger partial charge in [-0.25, -0.2) is 9.97 Å². The Labute approximate surface area is 110 Å². The van der Waals surface area contributed by atoms with Crippen LogP contribution >= 0.6 is 0 Å². The fraction of sp³-hybridized carbons (Fsp3) is 0.692. The number of likely N-dealkylation sites (N-methyl/N-ethyl adjacent to an activating group) is 1. The summed E-state index contributed by atoms with van der Waals surface area (Å²) in [5.41, 5.74) is 1.06. The van der Waals surface area contributed by atoms with Crippen LogP contribution in [-0.4, -0.2) is 43.3 Å². The summed E-state index contributed by atoms with van der Waals surface area (Å²) in [5.74, 6) is 2.62. The molecule has 5 heteroatoms. The van der Waals surface area contributed by atoms with E-state index in [9.17, 15) is 0 Å². The molecule has 0 saturated carbocycles. The van der Waals surface area contributed by atoms with E-state index in [1.807, 2.05) is 41.8 Å². The lowest BCUT2D eigenvalue weighted by Gasteiger charge is -2.22. The topological polar surface area (TPSA) is 50.3 Å². The van der Waals surface area contributed by atoms with Gasteiger partial charge in [-0.3, -0.25) is 0 Å². The van der Waals surface area contributed by atoms with E-state index in [2.05, 4.69) is 20.2 Å². The molecule has 1 aromatic rings. The molecule has 0 radical (unpaired) electrons. The maximum atomic E-state index is 5.56. The van der Waals surface area contributed by atoms with Crippen molar-refractivity contribution in [3.05, 3.63) is 11.4 Å². The normalized spacial score (nSPS) is 10.8. The standard InChI is InChI=1S/C13H24N4O/c1-9(2)18-8-7-17(6)13-10(3)12(14-5)15-11(4)16-13/h9H,7-8H2,1-6H3,(H,14,15,16). The summed E-state index contributed by atoms with van der Waals surface area (Å²) in [6.45, 7) is 9.53. The second kappa shape index (κ2) is 6.54. The Hall–Kier alpha value is -1.36. The molecule has 1 heterocycles. The summed E-state index contributed by atoms with van der Waals surface area (Å²) in [5, 5.41) is 3.10. The van der Waals surface area contributed by atoms with Crippen molar-refractivity contribution in [3.8, 4) is 0 Å². The van der Waals surface area contributed by atoms with Crippen LogP contribution in [-0.2, 0) is 4.74 Å². The van der Waals surface area contributed by atoms with E-state index in [0.717, 1.165) is 29.6 Å². The van der Waals surface area contributed by atoms with E-state index in [-0.39, 0.29) is 6.10 Å². The number of nitrogens with zero attached hydrogens (tertiary/aromatic N) is 3. The van der Waals surface area contributed by atoms with Gasteiger partial charge in [-0.05, 0) is 27.7 Å². The Morgan fingerprint density at radius 1 is 1.28 bits per heavy atom. The quantitative estimate of drug-likeness (QED) is 0.839. The fourth-order valence-corrected chi connectivity index (χ4v) is 1.76. The predicted molar refractivity (Wildman–Crippen MR) is 75.4 cm³/mol. The van der Waals surface area contributed by atoms with Crippen molar-refractivity contribution < 1.29 is 4.74 Å². The number of rotatable bonds is 6. The molecule has 0 amide bonds. The van der Waals surface area contributed by atoms with Crippen molar-refractivity contribution in [2.24, 2.45) is 0 Å². The average Bonchev–Trinajstić information content (AvgIpc) is 2.30. The molecule has 0 aliphatic heterocycles. The summed E-state index contributed by atoms with van der Waals surface area (Å²) in [7, 11) is 3.90. The first-order chi connectivity index (χ1) is 8.45. The molecule has 1 aromatic heterocycles. The van der Waals surface area contributed by atoms with E-state index < -0.39 is 0 Å². The number of aromatic nitrogens is 2. The van der Waals surface area contributed by atoms with Gasteiger partial charge in [-0.15, -0.1) is 0 Å². The lowest BCUT2D eigenvalue weighted by atomic mass is 10.3. The maximum Gasteiger partial charge on any atom is 0.137 e. The van der Waals surface area contributed by atoms with Crippen molar-refractivity contribution in [2.75, 3.05) is 37.5 Å².